The largest absolute Gasteiger partial charge is 0.346 e. The topological polar surface area (TPSA) is 71.1 Å². The van der Waals surface area contributed by atoms with Crippen LogP contribution in [0.1, 0.15) is 16.1 Å². The Morgan fingerprint density at radius 3 is 2.67 bits per heavy atom. The van der Waals surface area contributed by atoms with E-state index in [-0.39, 0.29) is 23.2 Å². The lowest BCUT2D eigenvalue weighted by Crippen LogP contribution is -2.26. The highest BCUT2D eigenvalue weighted by molar-refractivity contribution is 8.00. The van der Waals surface area contributed by atoms with Crippen molar-refractivity contribution in [2.24, 2.45) is 0 Å². The first-order valence-corrected chi connectivity index (χ1v) is 7.78. The van der Waals surface area contributed by atoms with E-state index in [2.05, 4.69) is 15.6 Å². The molecule has 1 aliphatic heterocycles. The summed E-state index contributed by atoms with van der Waals surface area (Å²) in [5.74, 6) is -3.58. The standard InChI is InChI=1S/C15H10F3N3O2S/c16-7-3-9(17)8(10(18)4-7)5-19-15(23)11-1-2-12-14(20-11)21-13(22)6-24-12/h1-4H,5-6H2,(H,19,23)(H,20,21,22). The van der Waals surface area contributed by atoms with E-state index in [9.17, 15) is 22.8 Å². The fraction of sp³-hybridized carbons (Fsp3) is 0.133. The number of thioether (sulfide) groups is 1. The number of aromatic nitrogens is 1. The van der Waals surface area contributed by atoms with Crippen LogP contribution in [0.2, 0.25) is 0 Å². The summed E-state index contributed by atoms with van der Waals surface area (Å²) in [4.78, 5) is 28.1. The van der Waals surface area contributed by atoms with Crippen LogP contribution in [0.25, 0.3) is 0 Å². The zero-order valence-corrected chi connectivity index (χ0v) is 12.8. The fourth-order valence-corrected chi connectivity index (χ4v) is 2.85. The third-order valence-electron chi connectivity index (χ3n) is 3.24. The molecule has 9 heteroatoms. The van der Waals surface area contributed by atoms with Gasteiger partial charge in [0.2, 0.25) is 5.91 Å². The van der Waals surface area contributed by atoms with Gasteiger partial charge in [0.25, 0.3) is 5.91 Å². The number of nitrogens with zero attached hydrogens (tertiary/aromatic N) is 1. The number of amides is 2. The normalized spacial score (nSPS) is 13.2. The number of hydrogen-bond donors (Lipinski definition) is 2. The molecule has 1 aromatic heterocycles. The summed E-state index contributed by atoms with van der Waals surface area (Å²) < 4.78 is 39.9. The Balaban J connectivity index is 1.74. The van der Waals surface area contributed by atoms with Crippen LogP contribution in [-0.4, -0.2) is 22.6 Å². The highest BCUT2D eigenvalue weighted by atomic mass is 32.2. The lowest BCUT2D eigenvalue weighted by Gasteiger charge is -2.15. The molecule has 24 heavy (non-hydrogen) atoms. The Bertz CT molecular complexity index is 822. The third kappa shape index (κ3) is 3.35. The van der Waals surface area contributed by atoms with Gasteiger partial charge in [-0.3, -0.25) is 9.59 Å². The van der Waals surface area contributed by atoms with Crippen molar-refractivity contribution in [2.45, 2.75) is 11.4 Å². The Kier molecular flexibility index (Phi) is 4.43. The van der Waals surface area contributed by atoms with Crippen molar-refractivity contribution in [3.8, 4) is 0 Å². The number of hydrogen-bond acceptors (Lipinski definition) is 4. The van der Waals surface area contributed by atoms with Crippen molar-refractivity contribution in [1.29, 1.82) is 0 Å². The number of benzene rings is 1. The molecule has 0 unspecified atom stereocenters. The second-order valence-corrected chi connectivity index (χ2v) is 5.93. The molecule has 1 aromatic carbocycles. The van der Waals surface area contributed by atoms with Gasteiger partial charge in [-0.25, -0.2) is 18.2 Å². The monoisotopic (exact) mass is 353 g/mol. The second kappa shape index (κ2) is 6.52. The van der Waals surface area contributed by atoms with Crippen molar-refractivity contribution in [1.82, 2.24) is 10.3 Å². The molecule has 0 saturated heterocycles. The highest BCUT2D eigenvalue weighted by Crippen LogP contribution is 2.29. The number of rotatable bonds is 3. The first kappa shape index (κ1) is 16.3. The Morgan fingerprint density at radius 2 is 1.96 bits per heavy atom. The van der Waals surface area contributed by atoms with Crippen LogP contribution in [0.4, 0.5) is 19.0 Å². The molecule has 5 nitrogen and oxygen atoms in total. The summed E-state index contributed by atoms with van der Waals surface area (Å²) in [6.07, 6.45) is 0. The molecule has 1 aliphatic rings. The van der Waals surface area contributed by atoms with Gasteiger partial charge in [-0.05, 0) is 12.1 Å². The molecule has 0 fully saturated rings. The van der Waals surface area contributed by atoms with E-state index in [1.807, 2.05) is 0 Å². The molecule has 2 heterocycles. The molecule has 0 radical (unpaired) electrons. The average molecular weight is 353 g/mol. The first-order valence-electron chi connectivity index (χ1n) is 6.79. The summed E-state index contributed by atoms with van der Waals surface area (Å²) in [5, 5.41) is 4.85. The maximum atomic E-state index is 13.5. The number of halogens is 3. The maximum Gasteiger partial charge on any atom is 0.270 e. The number of anilines is 1. The molecule has 0 bridgehead atoms. The predicted octanol–water partition coefficient (Wildman–Crippen LogP) is 2.47. The molecule has 2 aromatic rings. The van der Waals surface area contributed by atoms with Crippen molar-refractivity contribution < 1.29 is 22.8 Å². The van der Waals surface area contributed by atoms with E-state index in [0.717, 1.165) is 4.90 Å². The smallest absolute Gasteiger partial charge is 0.270 e. The van der Waals surface area contributed by atoms with Crippen molar-refractivity contribution in [2.75, 3.05) is 11.1 Å². The van der Waals surface area contributed by atoms with Gasteiger partial charge in [-0.15, -0.1) is 11.8 Å². The minimum Gasteiger partial charge on any atom is -0.346 e. The quantitative estimate of drug-likeness (QED) is 0.889. The first-order chi connectivity index (χ1) is 11.4. The number of nitrogens with one attached hydrogen (secondary N) is 2. The predicted molar refractivity (Wildman–Crippen MR) is 81.1 cm³/mol. The molecule has 2 amide bonds. The van der Waals surface area contributed by atoms with Gasteiger partial charge < -0.3 is 10.6 Å². The third-order valence-corrected chi connectivity index (χ3v) is 4.29. The van der Waals surface area contributed by atoms with Crippen LogP contribution in [0.3, 0.4) is 0 Å². The van der Waals surface area contributed by atoms with Gasteiger partial charge in [0, 0.05) is 24.2 Å². The van der Waals surface area contributed by atoms with Crippen LogP contribution in [0.5, 0.6) is 0 Å². The van der Waals surface area contributed by atoms with E-state index >= 15 is 0 Å². The lowest BCUT2D eigenvalue weighted by molar-refractivity contribution is -0.113. The molecule has 0 atom stereocenters. The van der Waals surface area contributed by atoms with Crippen LogP contribution < -0.4 is 10.6 Å². The van der Waals surface area contributed by atoms with Gasteiger partial charge in [-0.2, -0.15) is 0 Å². The summed E-state index contributed by atoms with van der Waals surface area (Å²) in [5.41, 5.74) is -0.467. The number of pyridine rings is 1. The Hall–Kier alpha value is -2.55. The van der Waals surface area contributed by atoms with Gasteiger partial charge in [-0.1, -0.05) is 0 Å². The molecular formula is C15H10F3N3O2S. The van der Waals surface area contributed by atoms with Crippen molar-refractivity contribution >= 4 is 29.4 Å². The summed E-state index contributed by atoms with van der Waals surface area (Å²) in [7, 11) is 0. The van der Waals surface area contributed by atoms with Crippen LogP contribution in [-0.2, 0) is 11.3 Å². The molecule has 124 valence electrons. The van der Waals surface area contributed by atoms with Crippen LogP contribution in [0.15, 0.2) is 29.2 Å². The maximum absolute atomic E-state index is 13.5. The minimum absolute atomic E-state index is 0.0144. The molecule has 0 aliphatic carbocycles. The van der Waals surface area contributed by atoms with Gasteiger partial charge in [0.05, 0.1) is 10.6 Å². The van der Waals surface area contributed by atoms with E-state index in [4.69, 9.17) is 0 Å². The van der Waals surface area contributed by atoms with Gasteiger partial charge >= 0.3 is 0 Å². The van der Waals surface area contributed by atoms with Gasteiger partial charge in [0.15, 0.2) is 0 Å². The molecule has 0 spiro atoms. The zero-order chi connectivity index (χ0) is 17.3. The second-order valence-electron chi connectivity index (χ2n) is 4.91. The molecular weight excluding hydrogens is 343 g/mol. The summed E-state index contributed by atoms with van der Waals surface area (Å²) in [6.45, 7) is -0.462. The molecule has 3 rings (SSSR count). The van der Waals surface area contributed by atoms with Crippen molar-refractivity contribution in [3.63, 3.8) is 0 Å². The highest BCUT2D eigenvalue weighted by Gasteiger charge is 2.19. The van der Waals surface area contributed by atoms with E-state index in [1.54, 1.807) is 6.07 Å². The van der Waals surface area contributed by atoms with E-state index < -0.39 is 35.5 Å². The average Bonchev–Trinajstić information content (AvgIpc) is 2.52. The van der Waals surface area contributed by atoms with Crippen molar-refractivity contribution in [3.05, 3.63) is 53.0 Å². The summed E-state index contributed by atoms with van der Waals surface area (Å²) >= 11 is 1.29. The SMILES string of the molecule is O=C1CSc2ccc(C(=O)NCc3c(F)cc(F)cc3F)nc2N1. The number of fused-ring (bicyclic) bond motifs is 1. The van der Waals surface area contributed by atoms with Crippen LogP contribution >= 0.6 is 11.8 Å². The lowest BCUT2D eigenvalue weighted by atomic mass is 10.2. The Morgan fingerprint density at radius 1 is 1.25 bits per heavy atom. The fourth-order valence-electron chi connectivity index (χ4n) is 2.09. The zero-order valence-electron chi connectivity index (χ0n) is 12.0. The molecule has 2 N–H and O–H groups in total. The number of carbonyl (C=O) groups excluding carboxylic acids is 2. The van der Waals surface area contributed by atoms with Gasteiger partial charge in [0.1, 0.15) is 29.0 Å². The number of carbonyl (C=O) groups is 2. The van der Waals surface area contributed by atoms with Crippen LogP contribution in [0, 0.1) is 17.5 Å². The summed E-state index contributed by atoms with van der Waals surface area (Å²) in [6, 6.07) is 4.14. The van der Waals surface area contributed by atoms with E-state index in [1.165, 1.54) is 17.8 Å². The minimum atomic E-state index is -1.09. The Labute approximate surface area is 138 Å². The molecule has 0 saturated carbocycles. The van der Waals surface area contributed by atoms with E-state index in [0.29, 0.717) is 12.1 Å².